The number of para-hydroxylation sites is 3. The van der Waals surface area contributed by atoms with Crippen LogP contribution in [0.2, 0.25) is 0 Å². The Kier molecular flexibility index (Phi) is 4.72. The Morgan fingerprint density at radius 2 is 1.06 bits per heavy atom. The highest BCUT2D eigenvalue weighted by Crippen LogP contribution is 2.52. The van der Waals surface area contributed by atoms with E-state index in [9.17, 15) is 9.59 Å². The number of carbonyl (C=O) groups is 2. The molecule has 2 saturated carbocycles. The number of ketones is 2. The molecule has 9 aromatic rings. The van der Waals surface area contributed by atoms with Crippen molar-refractivity contribution in [2.24, 2.45) is 11.8 Å². The number of hydrogen-bond donors (Lipinski definition) is 0. The van der Waals surface area contributed by atoms with Gasteiger partial charge in [0.25, 0.3) is 0 Å². The molecule has 5 heteroatoms. The van der Waals surface area contributed by atoms with Gasteiger partial charge in [0.2, 0.25) is 0 Å². The van der Waals surface area contributed by atoms with Crippen molar-refractivity contribution in [3.63, 3.8) is 0 Å². The quantitative estimate of drug-likeness (QED) is 0.154. The summed E-state index contributed by atoms with van der Waals surface area (Å²) in [5.41, 5.74) is 11.9. The van der Waals surface area contributed by atoms with Crippen molar-refractivity contribution in [2.75, 3.05) is 0 Å². The first kappa shape index (κ1) is 26.6. The van der Waals surface area contributed by atoms with E-state index < -0.39 is 0 Å². The molecule has 5 aromatic carbocycles. The Labute approximate surface area is 286 Å². The standard InChI is InChI=1S/C45H33N3O2/c49-43-24-13-9-22(10-14-24)27-17-29-31-19-30-26-5-1-3-7-36(26)48-37-8-4-2-6-35(37)46-45(48)41(30)40-34-18-28-23-11-15-25(16-12-23)44(50)33(28)21-39(34)47(42(31)40)38(29)20-32(27)43/h1-8,17-25H,9-16H2. The molecule has 240 valence electrons. The molecule has 6 aliphatic rings. The number of benzene rings is 5. The SMILES string of the molecule is O=C1c2cc3c(cc2C2CCC1CC2)c1cc2c4ccccc4n4c5ccccc5nc4c2c2c4cc5c(cc4n3c12)C(=O)C1CCC5CC1. The highest BCUT2D eigenvalue weighted by molar-refractivity contribution is 6.37. The van der Waals surface area contributed by atoms with Crippen LogP contribution >= 0.6 is 0 Å². The van der Waals surface area contributed by atoms with Crippen molar-refractivity contribution < 1.29 is 9.59 Å². The molecule has 2 fully saturated rings. The van der Waals surface area contributed by atoms with Gasteiger partial charge in [-0.1, -0.05) is 30.3 Å². The second-order valence-electron chi connectivity index (χ2n) is 15.9. The van der Waals surface area contributed by atoms with Crippen molar-refractivity contribution in [2.45, 2.75) is 63.2 Å². The Morgan fingerprint density at radius 3 is 1.76 bits per heavy atom. The van der Waals surface area contributed by atoms with Gasteiger partial charge in [0.1, 0.15) is 5.65 Å². The molecule has 0 atom stereocenters. The minimum atomic E-state index is 0.129. The van der Waals surface area contributed by atoms with E-state index in [0.717, 1.165) is 101 Å². The highest BCUT2D eigenvalue weighted by Gasteiger charge is 2.38. The summed E-state index contributed by atoms with van der Waals surface area (Å²) in [4.78, 5) is 33.6. The molecule has 0 spiro atoms. The number of pyridine rings is 1. The lowest BCUT2D eigenvalue weighted by Gasteiger charge is -2.22. The maximum absolute atomic E-state index is 14.1. The fraction of sp³-hybridized carbons (Fsp3) is 0.267. The summed E-state index contributed by atoms with van der Waals surface area (Å²) in [6.07, 6.45) is 8.33. The number of carbonyl (C=O) groups excluding carboxylic acids is 2. The molecule has 0 aliphatic heterocycles. The normalized spacial score (nSPS) is 23.4. The topological polar surface area (TPSA) is 55.9 Å². The van der Waals surface area contributed by atoms with E-state index in [-0.39, 0.29) is 11.8 Å². The van der Waals surface area contributed by atoms with Crippen LogP contribution in [-0.4, -0.2) is 25.4 Å². The van der Waals surface area contributed by atoms with Gasteiger partial charge in [0, 0.05) is 55.3 Å². The summed E-state index contributed by atoms with van der Waals surface area (Å²) in [5.74, 6) is 1.77. The van der Waals surface area contributed by atoms with Crippen LogP contribution in [0, 0.1) is 11.8 Å². The molecule has 0 amide bonds. The van der Waals surface area contributed by atoms with Gasteiger partial charge < -0.3 is 4.40 Å². The summed E-state index contributed by atoms with van der Waals surface area (Å²) in [6.45, 7) is 0. The van der Waals surface area contributed by atoms with Crippen LogP contribution in [0.5, 0.6) is 0 Å². The molecule has 4 heterocycles. The van der Waals surface area contributed by atoms with Gasteiger partial charge >= 0.3 is 0 Å². The molecule has 5 nitrogen and oxygen atoms in total. The summed E-state index contributed by atoms with van der Waals surface area (Å²) in [5, 5.41) is 8.42. The molecule has 0 radical (unpaired) electrons. The predicted octanol–water partition coefficient (Wildman–Crippen LogP) is 10.9. The van der Waals surface area contributed by atoms with Crippen molar-refractivity contribution in [1.82, 2.24) is 13.8 Å². The first-order valence-electron chi connectivity index (χ1n) is 18.7. The molecule has 4 aromatic heterocycles. The monoisotopic (exact) mass is 647 g/mol. The highest BCUT2D eigenvalue weighted by atomic mass is 16.1. The number of aromatic nitrogens is 3. The molecule has 6 aliphatic carbocycles. The number of Topliss-reactive ketones (excluding diaryl/α,β-unsaturated/α-hetero) is 2. The van der Waals surface area contributed by atoms with Crippen LogP contribution in [0.1, 0.15) is 95.0 Å². The van der Waals surface area contributed by atoms with Crippen LogP contribution < -0.4 is 0 Å². The van der Waals surface area contributed by atoms with Gasteiger partial charge in [0.15, 0.2) is 11.6 Å². The van der Waals surface area contributed by atoms with Gasteiger partial charge in [-0.15, -0.1) is 0 Å². The van der Waals surface area contributed by atoms with Crippen molar-refractivity contribution in [1.29, 1.82) is 0 Å². The Morgan fingerprint density at radius 1 is 0.480 bits per heavy atom. The van der Waals surface area contributed by atoms with Gasteiger partial charge in [-0.05, 0) is 128 Å². The minimum absolute atomic E-state index is 0.129. The van der Waals surface area contributed by atoms with Crippen LogP contribution in [0.15, 0.2) is 78.9 Å². The average molecular weight is 648 g/mol. The average Bonchev–Trinajstić information content (AvgIpc) is 3.71. The number of fused-ring (bicyclic) bond motifs is 19. The zero-order valence-corrected chi connectivity index (χ0v) is 27.6. The van der Waals surface area contributed by atoms with Crippen molar-refractivity contribution >= 4 is 88.0 Å². The maximum Gasteiger partial charge on any atom is 0.166 e. The predicted molar refractivity (Wildman–Crippen MR) is 200 cm³/mol. The fourth-order valence-electron chi connectivity index (χ4n) is 11.4. The van der Waals surface area contributed by atoms with Gasteiger partial charge in [-0.25, -0.2) is 4.98 Å². The molecule has 0 saturated heterocycles. The van der Waals surface area contributed by atoms with Gasteiger partial charge in [-0.3, -0.25) is 14.0 Å². The number of rotatable bonds is 0. The maximum atomic E-state index is 14.1. The number of hydrogen-bond acceptors (Lipinski definition) is 3. The zero-order valence-electron chi connectivity index (χ0n) is 27.6. The van der Waals surface area contributed by atoms with E-state index in [1.54, 1.807) is 0 Å². The smallest absolute Gasteiger partial charge is 0.166 e. The second kappa shape index (κ2) is 8.89. The first-order chi connectivity index (χ1) is 24.6. The molecule has 4 bridgehead atoms. The molecular formula is C45H33N3O2. The van der Waals surface area contributed by atoms with E-state index >= 15 is 0 Å². The van der Waals surface area contributed by atoms with E-state index in [2.05, 4.69) is 87.7 Å². The molecular weight excluding hydrogens is 615 g/mol. The largest absolute Gasteiger partial charge is 0.308 e. The van der Waals surface area contributed by atoms with E-state index in [1.807, 2.05) is 0 Å². The summed E-state index contributed by atoms with van der Waals surface area (Å²) >= 11 is 0. The molecule has 15 rings (SSSR count). The van der Waals surface area contributed by atoms with E-state index in [0.29, 0.717) is 23.4 Å². The Bertz CT molecular complexity index is 3050. The third-order valence-electron chi connectivity index (χ3n) is 13.7. The van der Waals surface area contributed by atoms with Crippen LogP contribution in [0.4, 0.5) is 0 Å². The fourth-order valence-corrected chi connectivity index (χ4v) is 11.4. The number of nitrogens with zero attached hydrogens (tertiary/aromatic N) is 3. The van der Waals surface area contributed by atoms with Gasteiger partial charge in [0.05, 0.1) is 33.1 Å². The minimum Gasteiger partial charge on any atom is -0.308 e. The lowest BCUT2D eigenvalue weighted by atomic mass is 9.82. The third-order valence-corrected chi connectivity index (χ3v) is 13.7. The lowest BCUT2D eigenvalue weighted by Crippen LogP contribution is -2.15. The first-order valence-corrected chi connectivity index (χ1v) is 18.7. The van der Waals surface area contributed by atoms with Gasteiger partial charge in [-0.2, -0.15) is 0 Å². The lowest BCUT2D eigenvalue weighted by molar-refractivity contribution is 0.0891. The molecule has 0 unspecified atom stereocenters. The van der Waals surface area contributed by atoms with E-state index in [4.69, 9.17) is 4.98 Å². The van der Waals surface area contributed by atoms with Crippen molar-refractivity contribution in [3.8, 4) is 0 Å². The summed E-state index contributed by atoms with van der Waals surface area (Å²) < 4.78 is 4.77. The Balaban J connectivity index is 1.31. The van der Waals surface area contributed by atoms with Crippen molar-refractivity contribution in [3.05, 3.63) is 101 Å². The summed E-state index contributed by atoms with van der Waals surface area (Å²) in [6, 6.07) is 28.9. The Hall–Kier alpha value is -5.29. The number of imidazole rings is 1. The second-order valence-corrected chi connectivity index (χ2v) is 15.9. The van der Waals surface area contributed by atoms with Crippen LogP contribution in [0.25, 0.3) is 76.5 Å². The van der Waals surface area contributed by atoms with Crippen LogP contribution in [-0.2, 0) is 0 Å². The third kappa shape index (κ3) is 3.03. The molecule has 50 heavy (non-hydrogen) atoms. The van der Waals surface area contributed by atoms with Crippen LogP contribution in [0.3, 0.4) is 0 Å². The zero-order chi connectivity index (χ0) is 32.6. The summed E-state index contributed by atoms with van der Waals surface area (Å²) in [7, 11) is 0. The molecule has 0 N–H and O–H groups in total. The van der Waals surface area contributed by atoms with E-state index in [1.165, 1.54) is 49.0 Å².